The summed E-state index contributed by atoms with van der Waals surface area (Å²) < 4.78 is 0. The largest absolute Gasteiger partial charge is 0.478 e. The number of terminal acetylenes is 2. The number of nitrogens with one attached hydrogen (secondary N) is 2. The van der Waals surface area contributed by atoms with Gasteiger partial charge in [-0.2, -0.15) is 0 Å². The molecule has 0 atom stereocenters. The van der Waals surface area contributed by atoms with Gasteiger partial charge in [0.05, 0.1) is 56.1 Å². The summed E-state index contributed by atoms with van der Waals surface area (Å²) in [6.07, 6.45) is 19.5. The number of hydrogen-bond acceptors (Lipinski definition) is 4. The third kappa shape index (κ3) is 4.73. The molecule has 0 fully saturated rings. The first-order valence-electron chi connectivity index (χ1n) is 14.1. The molecule has 5 heterocycles. The van der Waals surface area contributed by atoms with Gasteiger partial charge in [0.15, 0.2) is 0 Å². The number of fused-ring (bicyclic) bond motifs is 8. The summed E-state index contributed by atoms with van der Waals surface area (Å²) in [5.74, 6) is 3.54. The van der Waals surface area contributed by atoms with E-state index >= 15 is 0 Å². The number of hydrogen-bond donors (Lipinski definition) is 4. The Morgan fingerprint density at radius 2 is 0.870 bits per heavy atom. The lowest BCUT2D eigenvalue weighted by Gasteiger charge is -2.05. The maximum absolute atomic E-state index is 11.5. The molecule has 0 saturated carbocycles. The smallest absolute Gasteiger partial charge is 0.335 e. The second kappa shape index (κ2) is 11.0. The van der Waals surface area contributed by atoms with E-state index in [0.29, 0.717) is 56.0 Å². The van der Waals surface area contributed by atoms with Crippen LogP contribution in [0.15, 0.2) is 72.8 Å². The van der Waals surface area contributed by atoms with E-state index in [9.17, 15) is 19.8 Å². The van der Waals surface area contributed by atoms with Crippen molar-refractivity contribution in [2.24, 2.45) is 0 Å². The number of aromatic carboxylic acids is 2. The number of rotatable bonds is 4. The van der Waals surface area contributed by atoms with Crippen molar-refractivity contribution in [3.8, 4) is 46.9 Å². The van der Waals surface area contributed by atoms with Crippen molar-refractivity contribution < 1.29 is 19.8 Å². The first-order chi connectivity index (χ1) is 22.3. The zero-order valence-electron chi connectivity index (χ0n) is 24.0. The highest BCUT2D eigenvalue weighted by molar-refractivity contribution is 5.96. The van der Waals surface area contributed by atoms with E-state index in [-0.39, 0.29) is 11.1 Å². The lowest BCUT2D eigenvalue weighted by atomic mass is 10.0. The summed E-state index contributed by atoms with van der Waals surface area (Å²) in [4.78, 5) is 39.8. The Morgan fingerprint density at radius 1 is 0.522 bits per heavy atom. The number of carboxylic acids is 2. The number of nitrogens with zero attached hydrogens (tertiary/aromatic N) is 2. The van der Waals surface area contributed by atoms with Gasteiger partial charge in [-0.1, -0.05) is 36.1 Å². The minimum absolute atomic E-state index is 0.168. The fourth-order valence-electron chi connectivity index (χ4n) is 5.68. The molecule has 8 nitrogen and oxygen atoms in total. The van der Waals surface area contributed by atoms with Gasteiger partial charge in [-0.25, -0.2) is 19.6 Å². The normalized spacial score (nSPS) is 11.6. The Hall–Kier alpha value is -6.90. The van der Waals surface area contributed by atoms with Crippen LogP contribution in [0.2, 0.25) is 0 Å². The van der Waals surface area contributed by atoms with Crippen molar-refractivity contribution in [2.45, 2.75) is 0 Å². The van der Waals surface area contributed by atoms with Crippen LogP contribution in [0.25, 0.3) is 68.6 Å². The van der Waals surface area contributed by atoms with Crippen molar-refractivity contribution in [3.05, 3.63) is 118 Å². The highest BCUT2D eigenvalue weighted by Gasteiger charge is 2.17. The van der Waals surface area contributed by atoms with Crippen LogP contribution in [0.5, 0.6) is 0 Å². The third-order valence-corrected chi connectivity index (χ3v) is 7.88. The average molecular weight is 599 g/mol. The van der Waals surface area contributed by atoms with Gasteiger partial charge >= 0.3 is 11.9 Å². The van der Waals surface area contributed by atoms with Crippen molar-refractivity contribution in [3.63, 3.8) is 0 Å². The van der Waals surface area contributed by atoms with Gasteiger partial charge in [0, 0.05) is 22.2 Å². The number of carbonyl (C=O) groups is 2. The van der Waals surface area contributed by atoms with Gasteiger partial charge < -0.3 is 20.2 Å². The number of H-pyrrole nitrogens is 2. The standard InChI is InChI=1S/C38H22N4O4/c1-3-25-27-13-17-31(39-27)35(21-5-9-23(10-6-21)37(43)44)33-19-15-29(41-33)26(4-2)30-16-20-34(42-30)36(32-18-14-28(25)40-32)22-7-11-24(12-8-22)38(45)46/h1-2,5-20,39,42H,(H,43,44)(H,45,46). The third-order valence-electron chi connectivity index (χ3n) is 7.88. The fourth-order valence-corrected chi connectivity index (χ4v) is 5.68. The first kappa shape index (κ1) is 27.9. The van der Waals surface area contributed by atoms with Crippen molar-refractivity contribution in [1.29, 1.82) is 0 Å². The molecular formula is C38H22N4O4. The quantitative estimate of drug-likeness (QED) is 0.157. The molecule has 2 aliphatic heterocycles. The molecule has 5 aromatic rings. The molecule has 2 aromatic carbocycles. The summed E-state index contributed by atoms with van der Waals surface area (Å²) >= 11 is 0. The molecule has 0 radical (unpaired) electrons. The Morgan fingerprint density at radius 3 is 1.22 bits per heavy atom. The molecule has 0 aliphatic carbocycles. The zero-order valence-corrected chi connectivity index (χ0v) is 24.0. The van der Waals surface area contributed by atoms with Gasteiger partial charge in [0.1, 0.15) is 0 Å². The summed E-state index contributed by atoms with van der Waals surface area (Å²) in [5.41, 5.74) is 9.51. The SMILES string of the molecule is C#Cc1c2nc(c(-c3ccc(C(=O)O)cc3)c3ccc([nH]3)c(C#C)c3nc(c(-c4ccc(C(=O)O)cc4)c4ccc1[nH]4)C=C3)C=C2. The summed E-state index contributed by atoms with van der Waals surface area (Å²) in [5, 5.41) is 18.9. The number of benzene rings is 2. The van der Waals surface area contributed by atoms with Gasteiger partial charge in [0.25, 0.3) is 0 Å². The van der Waals surface area contributed by atoms with E-state index in [1.165, 1.54) is 0 Å². The minimum atomic E-state index is -1.02. The molecule has 218 valence electrons. The van der Waals surface area contributed by atoms with Crippen LogP contribution in [0.1, 0.15) is 54.6 Å². The molecule has 0 unspecified atom stereocenters. The van der Waals surface area contributed by atoms with Crippen molar-refractivity contribution >= 4 is 58.3 Å². The predicted molar refractivity (Wildman–Crippen MR) is 180 cm³/mol. The molecular weight excluding hydrogens is 576 g/mol. The van der Waals surface area contributed by atoms with Gasteiger partial charge in [-0.05, 0) is 84.0 Å². The molecule has 8 heteroatoms. The van der Waals surface area contributed by atoms with E-state index in [4.69, 9.17) is 22.8 Å². The second-order valence-electron chi connectivity index (χ2n) is 10.6. The van der Waals surface area contributed by atoms with Crippen molar-refractivity contribution in [1.82, 2.24) is 19.9 Å². The lowest BCUT2D eigenvalue weighted by molar-refractivity contribution is 0.0686. The second-order valence-corrected chi connectivity index (χ2v) is 10.6. The molecule has 0 saturated heterocycles. The number of aromatic nitrogens is 4. The summed E-state index contributed by atoms with van der Waals surface area (Å²) in [7, 11) is 0. The van der Waals surface area contributed by atoms with Crippen LogP contribution in [-0.4, -0.2) is 42.1 Å². The van der Waals surface area contributed by atoms with Crippen LogP contribution in [0.4, 0.5) is 0 Å². The Bertz CT molecular complexity index is 2260. The zero-order chi connectivity index (χ0) is 31.9. The molecule has 0 amide bonds. The Balaban J connectivity index is 1.60. The molecule has 46 heavy (non-hydrogen) atoms. The van der Waals surface area contributed by atoms with E-state index in [2.05, 4.69) is 21.8 Å². The van der Waals surface area contributed by atoms with E-state index < -0.39 is 11.9 Å². The van der Waals surface area contributed by atoms with Gasteiger partial charge in [-0.15, -0.1) is 12.8 Å². The molecule has 2 aliphatic rings. The van der Waals surface area contributed by atoms with Crippen LogP contribution in [0.3, 0.4) is 0 Å². The molecule has 0 spiro atoms. The van der Waals surface area contributed by atoms with Gasteiger partial charge in [0.2, 0.25) is 0 Å². The lowest BCUT2D eigenvalue weighted by Crippen LogP contribution is -1.95. The minimum Gasteiger partial charge on any atom is -0.478 e. The van der Waals surface area contributed by atoms with Crippen LogP contribution < -0.4 is 0 Å². The average Bonchev–Trinajstić information content (AvgIpc) is 3.89. The van der Waals surface area contributed by atoms with Gasteiger partial charge in [-0.3, -0.25) is 0 Å². The Labute approximate surface area is 262 Å². The predicted octanol–water partition coefficient (Wildman–Crippen LogP) is 7.35. The fraction of sp³-hybridized carbons (Fsp3) is 0. The molecule has 8 bridgehead atoms. The van der Waals surface area contributed by atoms with Crippen LogP contribution in [-0.2, 0) is 0 Å². The van der Waals surface area contributed by atoms with Crippen LogP contribution in [0, 0.1) is 24.7 Å². The maximum atomic E-state index is 11.5. The van der Waals surface area contributed by atoms with E-state index in [0.717, 1.165) is 22.3 Å². The van der Waals surface area contributed by atoms with E-state index in [1.54, 1.807) is 48.5 Å². The monoisotopic (exact) mass is 598 g/mol. The summed E-state index contributed by atoms with van der Waals surface area (Å²) in [6, 6.07) is 20.7. The maximum Gasteiger partial charge on any atom is 0.335 e. The molecule has 3 aromatic heterocycles. The van der Waals surface area contributed by atoms with Crippen LogP contribution >= 0.6 is 0 Å². The highest BCUT2D eigenvalue weighted by Crippen LogP contribution is 2.34. The molecule has 4 N–H and O–H groups in total. The Kier molecular flexibility index (Phi) is 6.66. The number of aromatic amines is 2. The van der Waals surface area contributed by atoms with E-state index in [1.807, 2.05) is 48.6 Å². The highest BCUT2D eigenvalue weighted by atomic mass is 16.4. The molecule has 7 rings (SSSR count). The summed E-state index contributed by atoms with van der Waals surface area (Å²) in [6.45, 7) is 0. The topological polar surface area (TPSA) is 132 Å². The van der Waals surface area contributed by atoms with Crippen molar-refractivity contribution in [2.75, 3.05) is 0 Å². The number of carboxylic acid groups (broad SMARTS) is 2. The first-order valence-corrected chi connectivity index (χ1v) is 14.1.